The molecule has 0 bridgehead atoms. The van der Waals surface area contributed by atoms with Gasteiger partial charge in [0.25, 0.3) is 5.69 Å². The number of carbonyl (C=O) groups excluding carboxylic acids is 2. The molecular formula is C16H13NO6. The molecule has 0 atom stereocenters. The Morgan fingerprint density at radius 2 is 2.04 bits per heavy atom. The van der Waals surface area contributed by atoms with Crippen molar-refractivity contribution >= 4 is 17.9 Å². The fourth-order valence-corrected chi connectivity index (χ4v) is 1.87. The fourth-order valence-electron chi connectivity index (χ4n) is 1.87. The van der Waals surface area contributed by atoms with Gasteiger partial charge in [-0.15, -0.1) is 0 Å². The highest BCUT2D eigenvalue weighted by atomic mass is 16.6. The zero-order chi connectivity index (χ0) is 16.8. The van der Waals surface area contributed by atoms with Gasteiger partial charge in [0.2, 0.25) is 0 Å². The molecule has 2 aromatic rings. The summed E-state index contributed by atoms with van der Waals surface area (Å²) in [5, 5.41) is 10.7. The first-order valence-corrected chi connectivity index (χ1v) is 6.73. The minimum absolute atomic E-state index is 0.0441. The maximum absolute atomic E-state index is 12.1. The molecule has 7 nitrogen and oxygen atoms in total. The van der Waals surface area contributed by atoms with Gasteiger partial charge in [-0.25, -0.2) is 4.79 Å². The molecule has 2 aromatic carbocycles. The normalized spacial score (nSPS) is 9.96. The van der Waals surface area contributed by atoms with Crippen molar-refractivity contribution in [2.75, 3.05) is 6.61 Å². The molecule has 0 unspecified atom stereocenters. The second kappa shape index (κ2) is 7.17. The maximum atomic E-state index is 12.1. The Morgan fingerprint density at radius 3 is 2.70 bits per heavy atom. The zero-order valence-corrected chi connectivity index (χ0v) is 12.2. The minimum Gasteiger partial charge on any atom is -0.494 e. The van der Waals surface area contributed by atoms with Crippen molar-refractivity contribution in [1.82, 2.24) is 0 Å². The van der Waals surface area contributed by atoms with Crippen LogP contribution in [0, 0.1) is 10.1 Å². The number of carbonyl (C=O) groups is 2. The molecule has 7 heteroatoms. The molecule has 0 radical (unpaired) electrons. The van der Waals surface area contributed by atoms with Crippen LogP contribution in [0.25, 0.3) is 0 Å². The van der Waals surface area contributed by atoms with Crippen LogP contribution in [0.1, 0.15) is 27.6 Å². The van der Waals surface area contributed by atoms with Crippen molar-refractivity contribution in [2.45, 2.75) is 6.92 Å². The highest BCUT2D eigenvalue weighted by molar-refractivity contribution is 5.93. The molecule has 23 heavy (non-hydrogen) atoms. The van der Waals surface area contributed by atoms with E-state index in [-0.39, 0.29) is 22.6 Å². The number of nitrogens with zero attached hydrogens (tertiary/aromatic N) is 1. The molecule has 0 saturated heterocycles. The van der Waals surface area contributed by atoms with E-state index in [1.54, 1.807) is 12.1 Å². The lowest BCUT2D eigenvalue weighted by Crippen LogP contribution is -2.10. The summed E-state index contributed by atoms with van der Waals surface area (Å²) >= 11 is 0. The number of hydrogen-bond donors (Lipinski definition) is 0. The van der Waals surface area contributed by atoms with Crippen LogP contribution in [0.3, 0.4) is 0 Å². The number of nitro groups is 1. The molecule has 0 saturated carbocycles. The molecule has 0 aliphatic rings. The largest absolute Gasteiger partial charge is 0.494 e. The second-order valence-corrected chi connectivity index (χ2v) is 4.45. The van der Waals surface area contributed by atoms with Crippen LogP contribution in [0.5, 0.6) is 11.5 Å². The van der Waals surface area contributed by atoms with Gasteiger partial charge in [0.15, 0.2) is 6.29 Å². The average Bonchev–Trinajstić information content (AvgIpc) is 2.55. The van der Waals surface area contributed by atoms with E-state index in [0.29, 0.717) is 18.6 Å². The van der Waals surface area contributed by atoms with Crippen LogP contribution in [-0.4, -0.2) is 23.8 Å². The molecule has 0 heterocycles. The number of nitro benzene ring substituents is 1. The summed E-state index contributed by atoms with van der Waals surface area (Å²) in [6, 6.07) is 9.81. The lowest BCUT2D eigenvalue weighted by Gasteiger charge is -2.08. The maximum Gasteiger partial charge on any atom is 0.343 e. The van der Waals surface area contributed by atoms with Gasteiger partial charge < -0.3 is 9.47 Å². The molecular weight excluding hydrogens is 302 g/mol. The van der Waals surface area contributed by atoms with Gasteiger partial charge in [0, 0.05) is 12.1 Å². The predicted molar refractivity (Wildman–Crippen MR) is 81.1 cm³/mol. The number of esters is 1. The summed E-state index contributed by atoms with van der Waals surface area (Å²) in [5.41, 5.74) is -0.0927. The number of hydrogen-bond acceptors (Lipinski definition) is 6. The van der Waals surface area contributed by atoms with Crippen LogP contribution >= 0.6 is 0 Å². The first-order valence-electron chi connectivity index (χ1n) is 6.73. The monoisotopic (exact) mass is 315 g/mol. The van der Waals surface area contributed by atoms with Gasteiger partial charge in [-0.1, -0.05) is 6.07 Å². The topological polar surface area (TPSA) is 95.7 Å². The van der Waals surface area contributed by atoms with E-state index < -0.39 is 10.9 Å². The van der Waals surface area contributed by atoms with Gasteiger partial charge >= 0.3 is 5.97 Å². The number of ether oxygens (including phenoxy) is 2. The van der Waals surface area contributed by atoms with Gasteiger partial charge in [0.1, 0.15) is 11.5 Å². The van der Waals surface area contributed by atoms with Crippen molar-refractivity contribution < 1.29 is 24.0 Å². The van der Waals surface area contributed by atoms with Gasteiger partial charge in [0.05, 0.1) is 22.7 Å². The molecule has 0 spiro atoms. The third-order valence-corrected chi connectivity index (χ3v) is 2.91. The summed E-state index contributed by atoms with van der Waals surface area (Å²) in [4.78, 5) is 33.2. The van der Waals surface area contributed by atoms with Crippen LogP contribution in [0.4, 0.5) is 5.69 Å². The highest BCUT2D eigenvalue weighted by Crippen LogP contribution is 2.24. The van der Waals surface area contributed by atoms with Crippen molar-refractivity contribution in [3.63, 3.8) is 0 Å². The number of rotatable bonds is 6. The molecule has 118 valence electrons. The quantitative estimate of drug-likeness (QED) is 0.267. The van der Waals surface area contributed by atoms with Crippen LogP contribution in [-0.2, 0) is 0 Å². The minimum atomic E-state index is -0.691. The zero-order valence-electron chi connectivity index (χ0n) is 12.2. The summed E-state index contributed by atoms with van der Waals surface area (Å²) < 4.78 is 10.4. The summed E-state index contributed by atoms with van der Waals surface area (Å²) in [6.07, 6.45) is 0.395. The third kappa shape index (κ3) is 3.91. The first-order chi connectivity index (χ1) is 11.0. The molecule has 0 N–H and O–H groups in total. The average molecular weight is 315 g/mol. The van der Waals surface area contributed by atoms with Gasteiger partial charge in [-0.2, -0.15) is 0 Å². The Kier molecular flexibility index (Phi) is 5.03. The smallest absolute Gasteiger partial charge is 0.343 e. The highest BCUT2D eigenvalue weighted by Gasteiger charge is 2.15. The summed E-state index contributed by atoms with van der Waals surface area (Å²) in [5.74, 6) is -0.220. The van der Waals surface area contributed by atoms with Crippen molar-refractivity contribution in [3.05, 3.63) is 63.7 Å². The van der Waals surface area contributed by atoms with Crippen LogP contribution in [0.15, 0.2) is 42.5 Å². The van der Waals surface area contributed by atoms with Crippen molar-refractivity contribution in [1.29, 1.82) is 0 Å². The molecule has 0 aromatic heterocycles. The van der Waals surface area contributed by atoms with E-state index in [0.717, 1.165) is 12.1 Å². The Morgan fingerprint density at radius 1 is 1.26 bits per heavy atom. The van der Waals surface area contributed by atoms with Crippen LogP contribution < -0.4 is 9.47 Å². The Bertz CT molecular complexity index is 756. The Hall–Kier alpha value is -3.22. The van der Waals surface area contributed by atoms with E-state index in [1.165, 1.54) is 18.2 Å². The molecule has 0 aliphatic heterocycles. The lowest BCUT2D eigenvalue weighted by atomic mass is 10.2. The van der Waals surface area contributed by atoms with E-state index in [2.05, 4.69) is 0 Å². The van der Waals surface area contributed by atoms with Crippen molar-refractivity contribution in [2.24, 2.45) is 0 Å². The van der Waals surface area contributed by atoms with Crippen LogP contribution in [0.2, 0.25) is 0 Å². The Balaban J connectivity index is 2.24. The van der Waals surface area contributed by atoms with Crippen molar-refractivity contribution in [3.8, 4) is 11.5 Å². The number of benzene rings is 2. The second-order valence-electron chi connectivity index (χ2n) is 4.45. The number of aldehydes is 1. The molecule has 0 amide bonds. The molecule has 0 fully saturated rings. The SMILES string of the molecule is CCOc1cccc(C(=O)Oc2ccc([N+](=O)[O-])cc2C=O)c1. The van der Waals surface area contributed by atoms with Gasteiger partial charge in [-0.05, 0) is 31.2 Å². The lowest BCUT2D eigenvalue weighted by molar-refractivity contribution is -0.384. The number of non-ortho nitro benzene ring substituents is 1. The summed E-state index contributed by atoms with van der Waals surface area (Å²) in [6.45, 7) is 2.27. The summed E-state index contributed by atoms with van der Waals surface area (Å²) in [7, 11) is 0. The molecule has 2 rings (SSSR count). The van der Waals surface area contributed by atoms with E-state index in [9.17, 15) is 19.7 Å². The van der Waals surface area contributed by atoms with E-state index in [4.69, 9.17) is 9.47 Å². The fraction of sp³-hybridized carbons (Fsp3) is 0.125. The predicted octanol–water partition coefficient (Wildman–Crippen LogP) is 3.03. The van der Waals surface area contributed by atoms with Gasteiger partial charge in [-0.3, -0.25) is 14.9 Å². The standard InChI is InChI=1S/C16H13NO6/c1-2-22-14-5-3-4-11(9-14)16(19)23-15-7-6-13(17(20)21)8-12(15)10-18/h3-10H,2H2,1H3. The molecule has 0 aliphatic carbocycles. The van der Waals surface area contributed by atoms with E-state index in [1.807, 2.05) is 6.92 Å². The first kappa shape index (κ1) is 16.2. The third-order valence-electron chi connectivity index (χ3n) is 2.91. The van der Waals surface area contributed by atoms with E-state index >= 15 is 0 Å². The Labute approximate surface area is 131 Å².